The molecule has 2 atom stereocenters. The van der Waals surface area contributed by atoms with Crippen molar-refractivity contribution in [1.29, 1.82) is 0 Å². The van der Waals surface area contributed by atoms with E-state index < -0.39 is 0 Å². The number of aryl methyl sites for hydroxylation is 1. The van der Waals surface area contributed by atoms with E-state index in [2.05, 4.69) is 23.7 Å². The van der Waals surface area contributed by atoms with Gasteiger partial charge in [-0.05, 0) is 18.9 Å². The fourth-order valence-electron chi connectivity index (χ4n) is 3.98. The van der Waals surface area contributed by atoms with Crippen LogP contribution in [0, 0.1) is 24.6 Å². The zero-order valence-electron chi connectivity index (χ0n) is 17.3. The molecule has 6 heteroatoms. The Labute approximate surface area is 167 Å². The molecule has 1 aliphatic heterocycles. The number of piperazine rings is 1. The second-order valence-electron chi connectivity index (χ2n) is 8.20. The third kappa shape index (κ3) is 4.61. The number of carbonyl (C=O) groups excluding carboxylic acids is 1. The van der Waals surface area contributed by atoms with E-state index in [0.29, 0.717) is 31.1 Å². The molecular weight excluding hydrogens is 355 g/mol. The quantitative estimate of drug-likeness (QED) is 0.765. The Kier molecular flexibility index (Phi) is 6.50. The summed E-state index contributed by atoms with van der Waals surface area (Å²) in [6.07, 6.45) is 3.69. The van der Waals surface area contributed by atoms with Crippen LogP contribution in [0.1, 0.15) is 32.2 Å². The molecule has 1 amide bonds. The molecule has 0 bridgehead atoms. The van der Waals surface area contributed by atoms with Crippen molar-refractivity contribution in [3.63, 3.8) is 0 Å². The van der Waals surface area contributed by atoms with Crippen LogP contribution in [0.15, 0.2) is 36.7 Å². The van der Waals surface area contributed by atoms with E-state index in [-0.39, 0.29) is 23.7 Å². The number of halogens is 1. The van der Waals surface area contributed by atoms with Gasteiger partial charge in [-0.3, -0.25) is 9.69 Å². The molecule has 1 aromatic carbocycles. The van der Waals surface area contributed by atoms with Gasteiger partial charge in [0.05, 0.1) is 5.92 Å². The van der Waals surface area contributed by atoms with Gasteiger partial charge in [0.1, 0.15) is 11.6 Å². The summed E-state index contributed by atoms with van der Waals surface area (Å²) < 4.78 is 16.1. The minimum Gasteiger partial charge on any atom is -0.337 e. The van der Waals surface area contributed by atoms with Crippen molar-refractivity contribution >= 4 is 5.91 Å². The number of hydrogen-bond acceptors (Lipinski definition) is 3. The van der Waals surface area contributed by atoms with Crippen LogP contribution >= 0.6 is 0 Å². The van der Waals surface area contributed by atoms with Crippen molar-refractivity contribution in [2.45, 2.75) is 46.8 Å². The summed E-state index contributed by atoms with van der Waals surface area (Å²) in [5.74, 6) is 1.19. The SMILES string of the molecule is Cc1nccn1C[C@@H](C)C(=O)N1CCN(Cc2ccccc2F)C[C@@H]1C(C)C. The Bertz CT molecular complexity index is 803. The van der Waals surface area contributed by atoms with E-state index in [4.69, 9.17) is 0 Å². The van der Waals surface area contributed by atoms with Gasteiger partial charge in [0.2, 0.25) is 5.91 Å². The molecule has 28 heavy (non-hydrogen) atoms. The van der Waals surface area contributed by atoms with Gasteiger partial charge in [0.15, 0.2) is 0 Å². The normalized spacial score (nSPS) is 19.2. The number of hydrogen-bond donors (Lipinski definition) is 0. The fraction of sp³-hybridized carbons (Fsp3) is 0.545. The zero-order chi connectivity index (χ0) is 20.3. The van der Waals surface area contributed by atoms with Gasteiger partial charge in [-0.2, -0.15) is 0 Å². The molecule has 0 saturated carbocycles. The van der Waals surface area contributed by atoms with Crippen LogP contribution in [0.25, 0.3) is 0 Å². The lowest BCUT2D eigenvalue weighted by molar-refractivity contribution is -0.142. The third-order valence-electron chi connectivity index (χ3n) is 5.72. The summed E-state index contributed by atoms with van der Waals surface area (Å²) in [6.45, 7) is 11.7. The molecule has 1 aromatic heterocycles. The Hall–Kier alpha value is -2.21. The number of nitrogens with zero attached hydrogens (tertiary/aromatic N) is 4. The molecule has 1 aliphatic rings. The number of benzene rings is 1. The van der Waals surface area contributed by atoms with Gasteiger partial charge in [-0.1, -0.05) is 39.0 Å². The van der Waals surface area contributed by atoms with E-state index in [1.807, 2.05) is 41.6 Å². The largest absolute Gasteiger partial charge is 0.337 e. The summed E-state index contributed by atoms with van der Waals surface area (Å²) in [5, 5.41) is 0. The van der Waals surface area contributed by atoms with Gasteiger partial charge in [-0.25, -0.2) is 9.37 Å². The monoisotopic (exact) mass is 386 g/mol. The van der Waals surface area contributed by atoms with Crippen molar-refractivity contribution in [3.8, 4) is 0 Å². The highest BCUT2D eigenvalue weighted by atomic mass is 19.1. The Morgan fingerprint density at radius 3 is 2.64 bits per heavy atom. The first-order chi connectivity index (χ1) is 13.4. The predicted octanol–water partition coefficient (Wildman–Crippen LogP) is 3.34. The number of imidazole rings is 1. The molecule has 2 aromatic rings. The zero-order valence-corrected chi connectivity index (χ0v) is 17.3. The maximum atomic E-state index is 14.0. The number of aromatic nitrogens is 2. The fourth-order valence-corrected chi connectivity index (χ4v) is 3.98. The second kappa shape index (κ2) is 8.86. The van der Waals surface area contributed by atoms with Crippen LogP contribution in [0.3, 0.4) is 0 Å². The van der Waals surface area contributed by atoms with Gasteiger partial charge in [0.25, 0.3) is 0 Å². The molecule has 1 saturated heterocycles. The van der Waals surface area contributed by atoms with Crippen molar-refractivity contribution in [1.82, 2.24) is 19.4 Å². The Morgan fingerprint density at radius 1 is 1.25 bits per heavy atom. The summed E-state index contributed by atoms with van der Waals surface area (Å²) in [4.78, 5) is 21.7. The molecule has 152 valence electrons. The van der Waals surface area contributed by atoms with Gasteiger partial charge in [0, 0.05) is 56.7 Å². The number of carbonyl (C=O) groups is 1. The van der Waals surface area contributed by atoms with Crippen molar-refractivity contribution < 1.29 is 9.18 Å². The average molecular weight is 387 g/mol. The maximum Gasteiger partial charge on any atom is 0.227 e. The molecule has 0 N–H and O–H groups in total. The van der Waals surface area contributed by atoms with Crippen LogP contribution in [0.4, 0.5) is 4.39 Å². The molecule has 0 radical (unpaired) electrons. The molecule has 5 nitrogen and oxygen atoms in total. The van der Waals surface area contributed by atoms with E-state index in [1.165, 1.54) is 6.07 Å². The molecular formula is C22H31FN4O. The summed E-state index contributed by atoms with van der Waals surface area (Å²) in [7, 11) is 0. The van der Waals surface area contributed by atoms with Crippen LogP contribution in [-0.2, 0) is 17.9 Å². The van der Waals surface area contributed by atoms with E-state index >= 15 is 0 Å². The van der Waals surface area contributed by atoms with Crippen LogP contribution in [0.2, 0.25) is 0 Å². The topological polar surface area (TPSA) is 41.4 Å². The summed E-state index contributed by atoms with van der Waals surface area (Å²) >= 11 is 0. The summed E-state index contributed by atoms with van der Waals surface area (Å²) in [6, 6.07) is 7.08. The smallest absolute Gasteiger partial charge is 0.227 e. The molecule has 0 aliphatic carbocycles. The average Bonchev–Trinajstić information content (AvgIpc) is 3.07. The molecule has 3 rings (SSSR count). The van der Waals surface area contributed by atoms with Gasteiger partial charge < -0.3 is 9.47 Å². The first-order valence-corrected chi connectivity index (χ1v) is 10.1. The lowest BCUT2D eigenvalue weighted by Crippen LogP contribution is -2.58. The first kappa shape index (κ1) is 20.5. The van der Waals surface area contributed by atoms with Crippen LogP contribution in [-0.4, -0.2) is 50.9 Å². The first-order valence-electron chi connectivity index (χ1n) is 10.1. The van der Waals surface area contributed by atoms with E-state index in [9.17, 15) is 9.18 Å². The molecule has 2 heterocycles. The van der Waals surface area contributed by atoms with Gasteiger partial charge in [-0.15, -0.1) is 0 Å². The second-order valence-corrected chi connectivity index (χ2v) is 8.20. The van der Waals surface area contributed by atoms with E-state index in [1.54, 1.807) is 12.3 Å². The lowest BCUT2D eigenvalue weighted by Gasteiger charge is -2.44. The molecule has 0 unspecified atom stereocenters. The highest BCUT2D eigenvalue weighted by Gasteiger charge is 2.34. The third-order valence-corrected chi connectivity index (χ3v) is 5.72. The van der Waals surface area contributed by atoms with Crippen LogP contribution < -0.4 is 0 Å². The Morgan fingerprint density at radius 2 is 2.00 bits per heavy atom. The molecule has 0 spiro atoms. The van der Waals surface area contributed by atoms with Gasteiger partial charge >= 0.3 is 0 Å². The highest BCUT2D eigenvalue weighted by Crippen LogP contribution is 2.22. The summed E-state index contributed by atoms with van der Waals surface area (Å²) in [5.41, 5.74) is 0.716. The van der Waals surface area contributed by atoms with Crippen LogP contribution in [0.5, 0.6) is 0 Å². The van der Waals surface area contributed by atoms with Crippen molar-refractivity contribution in [2.24, 2.45) is 11.8 Å². The standard InChI is InChI=1S/C22H31FN4O/c1-16(2)21-15-25(14-19-7-5-6-8-20(19)23)11-12-27(21)22(28)17(3)13-26-10-9-24-18(26)4/h5-10,16-17,21H,11-15H2,1-4H3/t17-,21-/m1/s1. The molecule has 1 fully saturated rings. The highest BCUT2D eigenvalue weighted by molar-refractivity contribution is 5.79. The number of rotatable bonds is 6. The predicted molar refractivity (Wildman–Crippen MR) is 108 cm³/mol. The minimum atomic E-state index is -0.161. The lowest BCUT2D eigenvalue weighted by atomic mass is 9.97. The number of amides is 1. The van der Waals surface area contributed by atoms with E-state index in [0.717, 1.165) is 18.9 Å². The van der Waals surface area contributed by atoms with Crippen molar-refractivity contribution in [3.05, 3.63) is 53.9 Å². The Balaban J connectivity index is 1.66. The minimum absolute atomic E-state index is 0.104. The van der Waals surface area contributed by atoms with Crippen molar-refractivity contribution in [2.75, 3.05) is 19.6 Å². The maximum absolute atomic E-state index is 14.0.